The van der Waals surface area contributed by atoms with Gasteiger partial charge in [0.05, 0.1) is 5.60 Å². The van der Waals surface area contributed by atoms with Gasteiger partial charge in [0.1, 0.15) is 0 Å². The van der Waals surface area contributed by atoms with Crippen LogP contribution in [0.5, 0.6) is 0 Å². The van der Waals surface area contributed by atoms with Crippen molar-refractivity contribution in [3.05, 3.63) is 0 Å². The molecule has 26 heavy (non-hydrogen) atoms. The van der Waals surface area contributed by atoms with Gasteiger partial charge in [-0.2, -0.15) is 0 Å². The molecule has 1 saturated carbocycles. The summed E-state index contributed by atoms with van der Waals surface area (Å²) in [5.74, 6) is -0.327. The molecule has 0 aromatic heterocycles. The Hall–Kier alpha value is -1.14. The van der Waals surface area contributed by atoms with Gasteiger partial charge >= 0.3 is 0 Å². The van der Waals surface area contributed by atoms with Crippen molar-refractivity contribution in [1.29, 1.82) is 0 Å². The summed E-state index contributed by atoms with van der Waals surface area (Å²) in [6.45, 7) is 7.69. The van der Waals surface area contributed by atoms with Gasteiger partial charge in [0.2, 0.25) is 11.8 Å². The van der Waals surface area contributed by atoms with E-state index in [0.29, 0.717) is 32.5 Å². The van der Waals surface area contributed by atoms with Crippen LogP contribution in [-0.4, -0.2) is 71.6 Å². The molecule has 0 aromatic carbocycles. The van der Waals surface area contributed by atoms with Gasteiger partial charge in [-0.1, -0.05) is 12.8 Å². The topological polar surface area (TPSA) is 72.9 Å². The number of aliphatic hydroxyl groups is 1. The van der Waals surface area contributed by atoms with Gasteiger partial charge in [-0.25, -0.2) is 0 Å². The maximum atomic E-state index is 13.1. The van der Waals surface area contributed by atoms with Gasteiger partial charge in [0.15, 0.2) is 0 Å². The number of hydrogen-bond acceptors (Lipinski definition) is 4. The molecule has 0 unspecified atom stereocenters. The second-order valence-electron chi connectivity index (χ2n) is 9.52. The summed E-state index contributed by atoms with van der Waals surface area (Å²) in [5.41, 5.74) is -0.994. The number of likely N-dealkylation sites (N-methyl/N-ethyl adjacent to an activating group) is 1. The first-order chi connectivity index (χ1) is 12.0. The lowest BCUT2D eigenvalue weighted by atomic mass is 9.77. The molecule has 2 aliphatic rings. The van der Waals surface area contributed by atoms with E-state index in [1.165, 1.54) is 0 Å². The van der Waals surface area contributed by atoms with Gasteiger partial charge < -0.3 is 20.2 Å². The van der Waals surface area contributed by atoms with Crippen molar-refractivity contribution in [1.82, 2.24) is 15.1 Å². The first kappa shape index (κ1) is 21.2. The second-order valence-corrected chi connectivity index (χ2v) is 9.52. The summed E-state index contributed by atoms with van der Waals surface area (Å²) in [7, 11) is 3.91. The van der Waals surface area contributed by atoms with E-state index in [1.54, 1.807) is 0 Å². The summed E-state index contributed by atoms with van der Waals surface area (Å²) in [4.78, 5) is 29.7. The van der Waals surface area contributed by atoms with Crippen molar-refractivity contribution in [3.63, 3.8) is 0 Å². The number of rotatable bonds is 4. The molecule has 0 bridgehead atoms. The van der Waals surface area contributed by atoms with Crippen molar-refractivity contribution >= 4 is 11.8 Å². The van der Waals surface area contributed by atoms with Gasteiger partial charge in [-0.3, -0.25) is 9.59 Å². The molecule has 2 atom stereocenters. The molecule has 150 valence electrons. The predicted molar refractivity (Wildman–Crippen MR) is 103 cm³/mol. The third kappa shape index (κ3) is 5.68. The van der Waals surface area contributed by atoms with Crippen LogP contribution in [0.25, 0.3) is 0 Å². The van der Waals surface area contributed by atoms with E-state index in [0.717, 1.165) is 25.7 Å². The average Bonchev–Trinajstić information content (AvgIpc) is 2.52. The SMILES string of the molecule is CN(C)CC1(O)CCN(C(=O)[C@H]2CCCC[C@H]2C(=O)NC(C)(C)C)CC1. The summed E-state index contributed by atoms with van der Waals surface area (Å²) in [6, 6.07) is 0. The van der Waals surface area contributed by atoms with Crippen LogP contribution in [0.3, 0.4) is 0 Å². The molecule has 2 amide bonds. The second kappa shape index (κ2) is 8.26. The lowest BCUT2D eigenvalue weighted by Gasteiger charge is -2.42. The van der Waals surface area contributed by atoms with E-state index in [2.05, 4.69) is 5.32 Å². The average molecular weight is 368 g/mol. The lowest BCUT2D eigenvalue weighted by molar-refractivity contribution is -0.147. The molecule has 2 N–H and O–H groups in total. The highest BCUT2D eigenvalue weighted by atomic mass is 16.3. The Morgan fingerprint density at radius 3 is 2.15 bits per heavy atom. The third-order valence-electron chi connectivity index (χ3n) is 5.53. The van der Waals surface area contributed by atoms with Gasteiger partial charge in [0, 0.05) is 37.0 Å². The fourth-order valence-electron chi connectivity index (χ4n) is 4.33. The Morgan fingerprint density at radius 1 is 1.12 bits per heavy atom. The zero-order valence-electron chi connectivity index (χ0n) is 17.2. The summed E-state index contributed by atoms with van der Waals surface area (Å²) in [6.07, 6.45) is 4.80. The maximum absolute atomic E-state index is 13.1. The first-order valence-electron chi connectivity index (χ1n) is 9.99. The van der Waals surface area contributed by atoms with E-state index in [-0.39, 0.29) is 29.2 Å². The Balaban J connectivity index is 1.99. The van der Waals surface area contributed by atoms with Crippen LogP contribution in [0.15, 0.2) is 0 Å². The molecule has 0 radical (unpaired) electrons. The minimum atomic E-state index is -0.712. The summed E-state index contributed by atoms with van der Waals surface area (Å²) < 4.78 is 0. The molecule has 2 fully saturated rings. The quantitative estimate of drug-likeness (QED) is 0.792. The molecule has 1 aliphatic heterocycles. The molecular formula is C20H37N3O3. The monoisotopic (exact) mass is 367 g/mol. The predicted octanol–water partition coefficient (Wildman–Crippen LogP) is 1.62. The van der Waals surface area contributed by atoms with Crippen LogP contribution in [0.1, 0.15) is 59.3 Å². The van der Waals surface area contributed by atoms with Crippen molar-refractivity contribution in [2.24, 2.45) is 11.8 Å². The maximum Gasteiger partial charge on any atom is 0.226 e. The zero-order valence-corrected chi connectivity index (χ0v) is 17.2. The Bertz CT molecular complexity index is 505. The molecule has 2 rings (SSSR count). The Kier molecular flexibility index (Phi) is 6.72. The smallest absolute Gasteiger partial charge is 0.226 e. The van der Waals surface area contributed by atoms with Crippen LogP contribution >= 0.6 is 0 Å². The molecule has 1 aliphatic carbocycles. The van der Waals surface area contributed by atoms with Crippen molar-refractivity contribution in [3.8, 4) is 0 Å². The number of nitrogens with zero attached hydrogens (tertiary/aromatic N) is 2. The number of carbonyl (C=O) groups is 2. The fraction of sp³-hybridized carbons (Fsp3) is 0.900. The van der Waals surface area contributed by atoms with Crippen LogP contribution in [0.4, 0.5) is 0 Å². The van der Waals surface area contributed by atoms with Gasteiger partial charge in [-0.05, 0) is 60.5 Å². The highest BCUT2D eigenvalue weighted by molar-refractivity contribution is 5.88. The van der Waals surface area contributed by atoms with Gasteiger partial charge in [0.25, 0.3) is 0 Å². The Labute approximate surface area is 158 Å². The fourth-order valence-corrected chi connectivity index (χ4v) is 4.33. The standard InChI is InChI=1S/C20H37N3O3/c1-19(2,3)21-17(24)15-8-6-7-9-16(15)18(25)23-12-10-20(26,11-13-23)14-22(4)5/h15-16,26H,6-14H2,1-5H3,(H,21,24)/t15-,16+/m1/s1. The summed E-state index contributed by atoms with van der Waals surface area (Å²) in [5, 5.41) is 13.7. The third-order valence-corrected chi connectivity index (χ3v) is 5.53. The zero-order chi connectivity index (χ0) is 19.5. The number of piperidine rings is 1. The molecule has 1 saturated heterocycles. The highest BCUT2D eigenvalue weighted by Gasteiger charge is 2.41. The van der Waals surface area contributed by atoms with E-state index < -0.39 is 5.60 Å². The normalized spacial score (nSPS) is 26.7. The van der Waals surface area contributed by atoms with E-state index >= 15 is 0 Å². The van der Waals surface area contributed by atoms with E-state index in [9.17, 15) is 14.7 Å². The number of hydrogen-bond donors (Lipinski definition) is 2. The number of nitrogens with one attached hydrogen (secondary N) is 1. The van der Waals surface area contributed by atoms with Crippen LogP contribution in [0, 0.1) is 11.8 Å². The molecule has 6 heteroatoms. The number of carbonyl (C=O) groups excluding carboxylic acids is 2. The first-order valence-corrected chi connectivity index (χ1v) is 9.99. The van der Waals surface area contributed by atoms with Crippen LogP contribution < -0.4 is 5.32 Å². The largest absolute Gasteiger partial charge is 0.388 e. The minimum Gasteiger partial charge on any atom is -0.388 e. The van der Waals surface area contributed by atoms with E-state index in [4.69, 9.17) is 0 Å². The van der Waals surface area contributed by atoms with E-state index in [1.807, 2.05) is 44.7 Å². The molecule has 6 nitrogen and oxygen atoms in total. The van der Waals surface area contributed by atoms with Crippen molar-refractivity contribution in [2.75, 3.05) is 33.7 Å². The summed E-state index contributed by atoms with van der Waals surface area (Å²) >= 11 is 0. The molecular weight excluding hydrogens is 330 g/mol. The van der Waals surface area contributed by atoms with Crippen molar-refractivity contribution in [2.45, 2.75) is 70.4 Å². The minimum absolute atomic E-state index is 0.0108. The number of amides is 2. The van der Waals surface area contributed by atoms with Crippen LogP contribution in [-0.2, 0) is 9.59 Å². The highest BCUT2D eigenvalue weighted by Crippen LogP contribution is 2.34. The lowest BCUT2D eigenvalue weighted by Crippen LogP contribution is -2.54. The molecule has 0 aromatic rings. The molecule has 1 heterocycles. The Morgan fingerprint density at radius 2 is 1.65 bits per heavy atom. The van der Waals surface area contributed by atoms with Gasteiger partial charge in [-0.15, -0.1) is 0 Å². The number of likely N-dealkylation sites (tertiary alicyclic amines) is 1. The van der Waals surface area contributed by atoms with Crippen molar-refractivity contribution < 1.29 is 14.7 Å². The van der Waals surface area contributed by atoms with Crippen LogP contribution in [0.2, 0.25) is 0 Å². The molecule has 0 spiro atoms.